The summed E-state index contributed by atoms with van der Waals surface area (Å²) >= 11 is 2.52. The predicted molar refractivity (Wildman–Crippen MR) is 203 cm³/mol. The lowest BCUT2D eigenvalue weighted by atomic mass is 9.84. The highest BCUT2D eigenvalue weighted by Gasteiger charge is 2.38. The molecule has 2 amide bonds. The van der Waals surface area contributed by atoms with Crippen molar-refractivity contribution in [3.8, 4) is 0 Å². The molecule has 4 aromatic carbocycles. The summed E-state index contributed by atoms with van der Waals surface area (Å²) in [4.78, 5) is 51.5. The molecule has 51 heavy (non-hydrogen) atoms. The van der Waals surface area contributed by atoms with Crippen LogP contribution in [0.1, 0.15) is 51.3 Å². The van der Waals surface area contributed by atoms with E-state index in [1.54, 1.807) is 52.8 Å². The number of carbonyl (C=O) groups is 3. The van der Waals surface area contributed by atoms with Crippen molar-refractivity contribution in [3.63, 3.8) is 0 Å². The molecule has 0 heterocycles. The number of benzene rings is 4. The van der Waals surface area contributed by atoms with E-state index in [0.29, 0.717) is 4.90 Å². The molecule has 0 aliphatic carbocycles. The van der Waals surface area contributed by atoms with Crippen LogP contribution in [0.3, 0.4) is 0 Å². The Hall–Kier alpha value is -4.65. The van der Waals surface area contributed by atoms with Crippen molar-refractivity contribution in [3.05, 3.63) is 142 Å². The van der Waals surface area contributed by atoms with Crippen LogP contribution in [-0.4, -0.2) is 52.7 Å². The number of amides is 2. The molecule has 3 N–H and O–H groups in total. The number of thioether (sulfide) groups is 1. The Balaban J connectivity index is 1.64. The number of carbonyl (C=O) groups excluding carboxylic acids is 3. The van der Waals surface area contributed by atoms with Gasteiger partial charge in [0.15, 0.2) is 0 Å². The Morgan fingerprint density at radius 3 is 1.75 bits per heavy atom. The van der Waals surface area contributed by atoms with Crippen LogP contribution in [-0.2, 0) is 23.9 Å². The molecule has 0 saturated carbocycles. The minimum Gasteiger partial charge on any atom is -0.458 e. The first-order chi connectivity index (χ1) is 24.3. The Kier molecular flexibility index (Phi) is 13.8. The molecule has 0 aromatic heterocycles. The zero-order valence-corrected chi connectivity index (χ0v) is 31.0. The van der Waals surface area contributed by atoms with Gasteiger partial charge in [0, 0.05) is 11.8 Å². The fourth-order valence-electron chi connectivity index (χ4n) is 5.35. The van der Waals surface area contributed by atoms with Crippen LogP contribution < -0.4 is 15.4 Å². The fourth-order valence-corrected chi connectivity index (χ4v) is 7.87. The number of hydrogen-bond acceptors (Lipinski definition) is 9. The van der Waals surface area contributed by atoms with E-state index in [2.05, 4.69) is 51.8 Å². The van der Waals surface area contributed by atoms with E-state index in [-0.39, 0.29) is 17.4 Å². The number of esters is 1. The van der Waals surface area contributed by atoms with Gasteiger partial charge in [-0.1, -0.05) is 117 Å². The molecule has 0 radical (unpaired) electrons. The van der Waals surface area contributed by atoms with Crippen LogP contribution in [0.5, 0.6) is 0 Å². The van der Waals surface area contributed by atoms with Gasteiger partial charge in [0.05, 0.1) is 16.2 Å². The zero-order chi connectivity index (χ0) is 37.0. The largest absolute Gasteiger partial charge is 0.458 e. The SMILES string of the molecule is CC(C)[C@H](NC(=O)CNC(=O)[C@H](CSC(c1ccccc1)(c1ccccc1)c1ccccc1)NSc1ccccc1[N+](=O)[O-])C(=O)OC(C)(C)C. The second-order valence-electron chi connectivity index (χ2n) is 13.1. The number of hydrogen-bond donors (Lipinski definition) is 3. The van der Waals surface area contributed by atoms with E-state index in [1.807, 2.05) is 54.6 Å². The molecule has 0 aliphatic rings. The van der Waals surface area contributed by atoms with Gasteiger partial charge >= 0.3 is 5.97 Å². The van der Waals surface area contributed by atoms with Crippen LogP contribution in [0.2, 0.25) is 0 Å². The van der Waals surface area contributed by atoms with Crippen LogP contribution in [0.25, 0.3) is 0 Å². The lowest BCUT2D eigenvalue weighted by Crippen LogP contribution is -2.52. The molecule has 0 spiro atoms. The van der Waals surface area contributed by atoms with Crippen LogP contribution >= 0.6 is 23.7 Å². The molecule has 0 aliphatic heterocycles. The van der Waals surface area contributed by atoms with E-state index in [1.165, 1.54) is 17.8 Å². The molecule has 4 aromatic rings. The van der Waals surface area contributed by atoms with E-state index in [0.717, 1.165) is 28.6 Å². The standard InChI is InChI=1S/C39H44N4O6S2/c1-27(2)35(37(46)49-38(3,4)5)41-34(44)25-40-36(45)31(42-51-33-24-16-15-23-32(33)43(47)48)26-50-39(28-17-9-6-10-18-28,29-19-11-7-12-20-29)30-21-13-8-14-22-30/h6-24,27,31,35,42H,25-26H2,1-5H3,(H,40,45)(H,41,44)/t31-,35-/m0/s1. The Morgan fingerprint density at radius 1 is 0.784 bits per heavy atom. The number of nitro groups is 1. The van der Waals surface area contributed by atoms with Gasteiger partial charge < -0.3 is 15.4 Å². The minimum absolute atomic E-state index is 0.102. The highest BCUT2D eigenvalue weighted by Crippen LogP contribution is 2.48. The normalized spacial score (nSPS) is 12.8. The lowest BCUT2D eigenvalue weighted by Gasteiger charge is -2.36. The van der Waals surface area contributed by atoms with E-state index < -0.39 is 51.7 Å². The van der Waals surface area contributed by atoms with Gasteiger partial charge in [0.2, 0.25) is 11.8 Å². The predicted octanol–water partition coefficient (Wildman–Crippen LogP) is 6.88. The van der Waals surface area contributed by atoms with Crippen molar-refractivity contribution >= 4 is 47.2 Å². The average molecular weight is 729 g/mol. The summed E-state index contributed by atoms with van der Waals surface area (Å²) in [7, 11) is 0. The Morgan fingerprint density at radius 2 is 1.27 bits per heavy atom. The number of para-hydroxylation sites is 1. The topological polar surface area (TPSA) is 140 Å². The van der Waals surface area contributed by atoms with Gasteiger partial charge in [0.25, 0.3) is 5.69 Å². The number of nitrogens with zero attached hydrogens (tertiary/aromatic N) is 1. The number of ether oxygens (including phenoxy) is 1. The van der Waals surface area contributed by atoms with Crippen molar-refractivity contribution in [1.29, 1.82) is 0 Å². The number of nitrogens with one attached hydrogen (secondary N) is 3. The average Bonchev–Trinajstić information content (AvgIpc) is 3.11. The first kappa shape index (κ1) is 39.1. The molecule has 10 nitrogen and oxygen atoms in total. The van der Waals surface area contributed by atoms with Crippen molar-refractivity contribution in [1.82, 2.24) is 15.4 Å². The van der Waals surface area contributed by atoms with Gasteiger partial charge in [-0.25, -0.2) is 9.52 Å². The van der Waals surface area contributed by atoms with E-state index in [4.69, 9.17) is 4.74 Å². The third-order valence-corrected chi connectivity index (χ3v) is 10.4. The smallest absolute Gasteiger partial charge is 0.329 e. The Labute approximate surface area is 307 Å². The second kappa shape index (κ2) is 18.0. The second-order valence-corrected chi connectivity index (χ2v) is 15.2. The van der Waals surface area contributed by atoms with Gasteiger partial charge in [-0.15, -0.1) is 11.8 Å². The minimum atomic E-state index is -0.921. The third-order valence-electron chi connectivity index (χ3n) is 7.76. The molecular formula is C39H44N4O6S2. The van der Waals surface area contributed by atoms with E-state index in [9.17, 15) is 24.5 Å². The van der Waals surface area contributed by atoms with Crippen molar-refractivity contribution in [2.24, 2.45) is 5.92 Å². The summed E-state index contributed by atoms with van der Waals surface area (Å²) in [5.41, 5.74) is 2.16. The molecule has 12 heteroatoms. The highest BCUT2D eigenvalue weighted by atomic mass is 32.2. The molecule has 2 atom stereocenters. The third kappa shape index (κ3) is 10.7. The summed E-state index contributed by atoms with van der Waals surface area (Å²) in [6.07, 6.45) is 0. The quantitative estimate of drug-likeness (QED) is 0.0370. The van der Waals surface area contributed by atoms with Crippen molar-refractivity contribution in [2.45, 2.75) is 61.9 Å². The first-order valence-electron chi connectivity index (χ1n) is 16.6. The number of nitro benzene ring substituents is 1. The lowest BCUT2D eigenvalue weighted by molar-refractivity contribution is -0.387. The van der Waals surface area contributed by atoms with Gasteiger partial charge in [-0.05, 0) is 61.4 Å². The molecule has 0 saturated heterocycles. The summed E-state index contributed by atoms with van der Waals surface area (Å²) in [6.45, 7) is 8.44. The molecule has 0 bridgehead atoms. The maximum atomic E-state index is 13.9. The maximum absolute atomic E-state index is 13.9. The molecular weight excluding hydrogens is 685 g/mol. The first-order valence-corrected chi connectivity index (χ1v) is 18.4. The zero-order valence-electron chi connectivity index (χ0n) is 29.3. The van der Waals surface area contributed by atoms with Crippen LogP contribution in [0.4, 0.5) is 5.69 Å². The van der Waals surface area contributed by atoms with Gasteiger partial charge in [-0.2, -0.15) is 0 Å². The number of rotatable bonds is 16. The van der Waals surface area contributed by atoms with E-state index >= 15 is 0 Å². The van der Waals surface area contributed by atoms with Gasteiger partial charge in [0.1, 0.15) is 22.6 Å². The molecule has 0 unspecified atom stereocenters. The maximum Gasteiger partial charge on any atom is 0.329 e. The molecule has 0 fully saturated rings. The Bertz CT molecular complexity index is 1670. The summed E-state index contributed by atoms with van der Waals surface area (Å²) in [5.74, 6) is -1.67. The summed E-state index contributed by atoms with van der Waals surface area (Å²) in [6, 6.07) is 34.5. The van der Waals surface area contributed by atoms with Crippen molar-refractivity contribution < 1.29 is 24.0 Å². The van der Waals surface area contributed by atoms with Crippen molar-refractivity contribution in [2.75, 3.05) is 12.3 Å². The fraction of sp³-hybridized carbons (Fsp3) is 0.308. The highest BCUT2D eigenvalue weighted by molar-refractivity contribution is 8.01. The summed E-state index contributed by atoms with van der Waals surface area (Å²) in [5, 5.41) is 17.2. The van der Waals surface area contributed by atoms with Crippen LogP contribution in [0, 0.1) is 16.0 Å². The van der Waals surface area contributed by atoms with Crippen LogP contribution in [0.15, 0.2) is 120 Å². The summed E-state index contributed by atoms with van der Waals surface area (Å²) < 4.78 is 7.91. The molecule has 268 valence electrons. The van der Waals surface area contributed by atoms with Gasteiger partial charge in [-0.3, -0.25) is 19.7 Å². The molecule has 4 rings (SSSR count). The monoisotopic (exact) mass is 728 g/mol.